The predicted octanol–water partition coefficient (Wildman–Crippen LogP) is 4.14. The van der Waals surface area contributed by atoms with E-state index in [9.17, 15) is 9.90 Å². The highest BCUT2D eigenvalue weighted by Crippen LogP contribution is 2.16. The SMILES string of the molecule is CCCCCCCCCCCC[C@@H]1OC(O)C=CC1=O. The summed E-state index contributed by atoms with van der Waals surface area (Å²) in [7, 11) is 0. The number of ether oxygens (including phenoxy) is 1. The van der Waals surface area contributed by atoms with Crippen LogP contribution < -0.4 is 0 Å². The minimum absolute atomic E-state index is 0.00813. The fourth-order valence-electron chi connectivity index (χ4n) is 2.59. The molecule has 0 aromatic rings. The number of aliphatic hydroxyl groups is 1. The van der Waals surface area contributed by atoms with Crippen molar-refractivity contribution in [3.8, 4) is 0 Å². The van der Waals surface area contributed by atoms with E-state index in [1.807, 2.05) is 0 Å². The lowest BCUT2D eigenvalue weighted by atomic mass is 10.0. The minimum Gasteiger partial charge on any atom is -0.365 e. The second-order valence-electron chi connectivity index (χ2n) is 5.75. The Labute approximate surface area is 123 Å². The van der Waals surface area contributed by atoms with E-state index in [-0.39, 0.29) is 5.78 Å². The average Bonchev–Trinajstić information content (AvgIpc) is 2.44. The van der Waals surface area contributed by atoms with Gasteiger partial charge in [-0.3, -0.25) is 4.79 Å². The first-order valence-electron chi connectivity index (χ1n) is 8.29. The molecule has 3 nitrogen and oxygen atoms in total. The Morgan fingerprint density at radius 1 is 1.00 bits per heavy atom. The van der Waals surface area contributed by atoms with Crippen molar-refractivity contribution in [1.29, 1.82) is 0 Å². The zero-order valence-corrected chi connectivity index (χ0v) is 12.9. The Bertz CT molecular complexity index is 286. The first-order chi connectivity index (χ1) is 9.74. The summed E-state index contributed by atoms with van der Waals surface area (Å²) >= 11 is 0. The lowest BCUT2D eigenvalue weighted by Gasteiger charge is -2.21. The van der Waals surface area contributed by atoms with Gasteiger partial charge in [-0.2, -0.15) is 0 Å². The highest BCUT2D eigenvalue weighted by molar-refractivity contribution is 5.94. The van der Waals surface area contributed by atoms with Crippen molar-refractivity contribution in [2.45, 2.75) is 89.9 Å². The van der Waals surface area contributed by atoms with Crippen LogP contribution in [0, 0.1) is 0 Å². The molecule has 1 heterocycles. The predicted molar refractivity (Wildman–Crippen MR) is 81.5 cm³/mol. The lowest BCUT2D eigenvalue weighted by molar-refractivity contribution is -0.149. The number of hydrogen-bond donors (Lipinski definition) is 1. The van der Waals surface area contributed by atoms with Crippen LogP contribution in [0.4, 0.5) is 0 Å². The number of aliphatic hydroxyl groups excluding tert-OH is 1. The topological polar surface area (TPSA) is 46.5 Å². The highest BCUT2D eigenvalue weighted by Gasteiger charge is 2.22. The monoisotopic (exact) mass is 282 g/mol. The van der Waals surface area contributed by atoms with Crippen LogP contribution >= 0.6 is 0 Å². The molecular formula is C17H30O3. The Morgan fingerprint density at radius 3 is 2.15 bits per heavy atom. The van der Waals surface area contributed by atoms with Crippen LogP contribution in [0.25, 0.3) is 0 Å². The van der Waals surface area contributed by atoms with Crippen molar-refractivity contribution < 1.29 is 14.6 Å². The molecule has 1 aliphatic heterocycles. The molecule has 1 aliphatic rings. The van der Waals surface area contributed by atoms with E-state index >= 15 is 0 Å². The van der Waals surface area contributed by atoms with Gasteiger partial charge in [0.2, 0.25) is 0 Å². The molecule has 2 atom stereocenters. The van der Waals surface area contributed by atoms with E-state index in [1.54, 1.807) is 0 Å². The Kier molecular flexibility index (Phi) is 9.60. The number of ketones is 1. The van der Waals surface area contributed by atoms with E-state index < -0.39 is 12.4 Å². The summed E-state index contributed by atoms with van der Waals surface area (Å²) in [5.74, 6) is -0.00813. The molecule has 1 unspecified atom stereocenters. The Morgan fingerprint density at radius 2 is 1.55 bits per heavy atom. The molecule has 0 radical (unpaired) electrons. The number of rotatable bonds is 11. The quantitative estimate of drug-likeness (QED) is 0.579. The number of unbranched alkanes of at least 4 members (excludes halogenated alkanes) is 9. The van der Waals surface area contributed by atoms with Crippen LogP contribution in [0.3, 0.4) is 0 Å². The van der Waals surface area contributed by atoms with Gasteiger partial charge in [-0.25, -0.2) is 0 Å². The van der Waals surface area contributed by atoms with Gasteiger partial charge in [0.15, 0.2) is 12.1 Å². The maximum Gasteiger partial charge on any atom is 0.184 e. The molecule has 0 aliphatic carbocycles. The van der Waals surface area contributed by atoms with Crippen LogP contribution in [0.15, 0.2) is 12.2 Å². The fraction of sp³-hybridized carbons (Fsp3) is 0.824. The Hall–Kier alpha value is -0.670. The summed E-state index contributed by atoms with van der Waals surface area (Å²) in [5, 5.41) is 9.30. The van der Waals surface area contributed by atoms with Gasteiger partial charge < -0.3 is 9.84 Å². The fourth-order valence-corrected chi connectivity index (χ4v) is 2.59. The second kappa shape index (κ2) is 11.0. The summed E-state index contributed by atoms with van der Waals surface area (Å²) in [6.45, 7) is 2.25. The highest BCUT2D eigenvalue weighted by atomic mass is 16.6. The molecular weight excluding hydrogens is 252 g/mol. The summed E-state index contributed by atoms with van der Waals surface area (Å²) in [6.07, 6.45) is 15.1. The van der Waals surface area contributed by atoms with E-state index in [4.69, 9.17) is 4.74 Å². The van der Waals surface area contributed by atoms with Crippen LogP contribution in [-0.2, 0) is 9.53 Å². The summed E-state index contributed by atoms with van der Waals surface area (Å²) < 4.78 is 5.20. The van der Waals surface area contributed by atoms with Gasteiger partial charge in [0.05, 0.1) is 0 Å². The lowest BCUT2D eigenvalue weighted by Crippen LogP contribution is -2.31. The van der Waals surface area contributed by atoms with Gasteiger partial charge in [0.25, 0.3) is 0 Å². The summed E-state index contributed by atoms with van der Waals surface area (Å²) in [5.41, 5.74) is 0. The van der Waals surface area contributed by atoms with Crippen LogP contribution in [0.2, 0.25) is 0 Å². The molecule has 0 saturated carbocycles. The Balaban J connectivity index is 1.90. The maximum absolute atomic E-state index is 11.5. The molecule has 1 rings (SSSR count). The van der Waals surface area contributed by atoms with Crippen molar-refractivity contribution in [1.82, 2.24) is 0 Å². The van der Waals surface area contributed by atoms with Crippen molar-refractivity contribution in [3.05, 3.63) is 12.2 Å². The summed E-state index contributed by atoms with van der Waals surface area (Å²) in [4.78, 5) is 11.5. The van der Waals surface area contributed by atoms with E-state index in [0.29, 0.717) is 0 Å². The van der Waals surface area contributed by atoms with E-state index in [1.165, 1.54) is 63.5 Å². The first-order valence-corrected chi connectivity index (χ1v) is 8.29. The number of carbonyl (C=O) groups is 1. The van der Waals surface area contributed by atoms with Crippen molar-refractivity contribution in [3.63, 3.8) is 0 Å². The van der Waals surface area contributed by atoms with Crippen molar-refractivity contribution >= 4 is 5.78 Å². The molecule has 20 heavy (non-hydrogen) atoms. The van der Waals surface area contributed by atoms with Crippen LogP contribution in [-0.4, -0.2) is 23.3 Å². The molecule has 0 aromatic carbocycles. The van der Waals surface area contributed by atoms with E-state index in [2.05, 4.69) is 6.92 Å². The largest absolute Gasteiger partial charge is 0.365 e. The molecule has 3 heteroatoms. The zero-order valence-electron chi connectivity index (χ0n) is 12.9. The van der Waals surface area contributed by atoms with Crippen molar-refractivity contribution in [2.24, 2.45) is 0 Å². The zero-order chi connectivity index (χ0) is 14.6. The van der Waals surface area contributed by atoms with Gasteiger partial charge in [0, 0.05) is 0 Å². The maximum atomic E-state index is 11.5. The van der Waals surface area contributed by atoms with Gasteiger partial charge in [-0.15, -0.1) is 0 Å². The molecule has 116 valence electrons. The third kappa shape index (κ3) is 7.81. The smallest absolute Gasteiger partial charge is 0.184 e. The van der Waals surface area contributed by atoms with E-state index in [0.717, 1.165) is 19.3 Å². The van der Waals surface area contributed by atoms with Gasteiger partial charge >= 0.3 is 0 Å². The minimum atomic E-state index is -0.902. The number of hydrogen-bond acceptors (Lipinski definition) is 3. The molecule has 1 N–H and O–H groups in total. The second-order valence-corrected chi connectivity index (χ2v) is 5.75. The first kappa shape index (κ1) is 17.4. The molecule has 0 spiro atoms. The third-order valence-electron chi connectivity index (χ3n) is 3.87. The third-order valence-corrected chi connectivity index (χ3v) is 3.87. The summed E-state index contributed by atoms with van der Waals surface area (Å²) in [6, 6.07) is 0. The van der Waals surface area contributed by atoms with Crippen molar-refractivity contribution in [2.75, 3.05) is 0 Å². The molecule has 0 aromatic heterocycles. The average molecular weight is 282 g/mol. The van der Waals surface area contributed by atoms with Crippen LogP contribution in [0.1, 0.15) is 77.6 Å². The molecule has 0 amide bonds. The number of carbonyl (C=O) groups excluding carboxylic acids is 1. The van der Waals surface area contributed by atoms with Gasteiger partial charge in [-0.05, 0) is 18.6 Å². The normalized spacial score (nSPS) is 22.4. The molecule has 0 saturated heterocycles. The molecule has 0 fully saturated rings. The molecule has 0 bridgehead atoms. The van der Waals surface area contributed by atoms with Crippen LogP contribution in [0.5, 0.6) is 0 Å². The van der Waals surface area contributed by atoms with Gasteiger partial charge in [0.1, 0.15) is 6.10 Å². The standard InChI is InChI=1S/C17H30O3/c1-2-3-4-5-6-7-8-9-10-11-12-16-15(18)13-14-17(19)20-16/h13-14,16-17,19H,2-12H2,1H3/t16-,17?/m0/s1. The van der Waals surface area contributed by atoms with Gasteiger partial charge in [-0.1, -0.05) is 71.1 Å².